The van der Waals surface area contributed by atoms with Crippen LogP contribution in [0, 0.1) is 0 Å². The molecule has 0 aliphatic heterocycles. The van der Waals surface area contributed by atoms with E-state index in [0.717, 1.165) is 19.3 Å². The normalized spacial score (nSPS) is 17.3. The highest BCUT2D eigenvalue weighted by Gasteiger charge is 2.40. The van der Waals surface area contributed by atoms with Gasteiger partial charge in [0.05, 0.1) is 15.6 Å². The minimum absolute atomic E-state index is 0.0969. The average Bonchev–Trinajstić information content (AvgIpc) is 2.33. The van der Waals surface area contributed by atoms with Crippen LogP contribution in [0.2, 0.25) is 10.0 Å². The summed E-state index contributed by atoms with van der Waals surface area (Å²) < 4.78 is 27.6. The molecule has 5 nitrogen and oxygen atoms in total. The van der Waals surface area contributed by atoms with E-state index in [2.05, 4.69) is 4.72 Å². The molecule has 0 heterocycles. The minimum atomic E-state index is -3.90. The fourth-order valence-corrected chi connectivity index (χ4v) is 4.86. The van der Waals surface area contributed by atoms with Crippen molar-refractivity contribution in [3.8, 4) is 0 Å². The van der Waals surface area contributed by atoms with Crippen molar-refractivity contribution < 1.29 is 18.3 Å². The lowest BCUT2D eigenvalue weighted by molar-refractivity contribution is 0.0697. The second-order valence-corrected chi connectivity index (χ2v) is 7.57. The summed E-state index contributed by atoms with van der Waals surface area (Å²) in [5.74, 6) is -1.36. The Morgan fingerprint density at radius 3 is 2.43 bits per heavy atom. The molecule has 0 radical (unpaired) electrons. The molecule has 1 saturated carbocycles. The molecule has 0 atom stereocenters. The maximum atomic E-state index is 12.5. The van der Waals surface area contributed by atoms with Crippen LogP contribution in [0.3, 0.4) is 0 Å². The number of hydrogen-bond donors (Lipinski definition) is 2. The first-order valence-corrected chi connectivity index (χ1v) is 8.71. The molecule has 1 aromatic rings. The molecule has 2 N–H and O–H groups in total. The second kappa shape index (κ2) is 5.76. The van der Waals surface area contributed by atoms with E-state index in [1.807, 2.05) is 6.92 Å². The summed E-state index contributed by atoms with van der Waals surface area (Å²) in [5, 5.41) is 8.62. The van der Waals surface area contributed by atoms with Crippen molar-refractivity contribution in [3.05, 3.63) is 27.7 Å². The average molecular weight is 352 g/mol. The standard InChI is InChI=1S/C13H15Cl2NO4S/c1-2-13(6-3-7-13)16-21(19,20)9-5-4-8(14)10(11(9)15)12(17)18/h4-5,16H,2-3,6-7H2,1H3,(H,17,18). The maximum Gasteiger partial charge on any atom is 0.338 e. The Balaban J connectivity index is 2.46. The summed E-state index contributed by atoms with van der Waals surface area (Å²) in [6, 6.07) is 2.45. The molecule has 0 aromatic heterocycles. The summed E-state index contributed by atoms with van der Waals surface area (Å²) in [6.45, 7) is 1.91. The molecular weight excluding hydrogens is 337 g/mol. The van der Waals surface area contributed by atoms with Gasteiger partial charge in [-0.05, 0) is 37.8 Å². The van der Waals surface area contributed by atoms with E-state index in [4.69, 9.17) is 28.3 Å². The molecule has 0 saturated heterocycles. The smallest absolute Gasteiger partial charge is 0.338 e. The van der Waals surface area contributed by atoms with Crippen LogP contribution in [-0.2, 0) is 10.0 Å². The number of carbonyl (C=O) groups is 1. The van der Waals surface area contributed by atoms with E-state index in [-0.39, 0.29) is 14.9 Å². The number of aromatic carboxylic acids is 1. The first kappa shape index (κ1) is 16.5. The molecule has 1 aliphatic carbocycles. The van der Waals surface area contributed by atoms with E-state index < -0.39 is 27.1 Å². The predicted octanol–water partition coefficient (Wildman–Crippen LogP) is 3.30. The number of sulfonamides is 1. The van der Waals surface area contributed by atoms with E-state index in [0.29, 0.717) is 6.42 Å². The van der Waals surface area contributed by atoms with Crippen LogP contribution in [0.4, 0.5) is 0 Å². The molecule has 0 unspecified atom stereocenters. The van der Waals surface area contributed by atoms with E-state index in [1.165, 1.54) is 12.1 Å². The third-order valence-corrected chi connectivity index (χ3v) is 6.34. The van der Waals surface area contributed by atoms with Crippen LogP contribution in [0.5, 0.6) is 0 Å². The second-order valence-electron chi connectivity index (χ2n) is 5.13. The molecule has 116 valence electrons. The zero-order chi connectivity index (χ0) is 15.8. The van der Waals surface area contributed by atoms with Crippen LogP contribution in [0.15, 0.2) is 17.0 Å². The number of halogens is 2. The van der Waals surface area contributed by atoms with Crippen LogP contribution in [-0.4, -0.2) is 25.0 Å². The minimum Gasteiger partial charge on any atom is -0.478 e. The third kappa shape index (κ3) is 3.04. The molecule has 21 heavy (non-hydrogen) atoms. The van der Waals surface area contributed by atoms with Crippen molar-refractivity contribution in [2.45, 2.75) is 43.0 Å². The van der Waals surface area contributed by atoms with E-state index in [1.54, 1.807) is 0 Å². The summed E-state index contributed by atoms with van der Waals surface area (Å²) in [5.41, 5.74) is -0.856. The quantitative estimate of drug-likeness (QED) is 0.852. The number of carboxylic acid groups (broad SMARTS) is 1. The van der Waals surface area contributed by atoms with Crippen LogP contribution in [0.1, 0.15) is 43.0 Å². The number of hydrogen-bond acceptors (Lipinski definition) is 3. The summed E-state index contributed by atoms with van der Waals surface area (Å²) in [6.07, 6.45) is 3.16. The maximum absolute atomic E-state index is 12.5. The molecule has 8 heteroatoms. The lowest BCUT2D eigenvalue weighted by Gasteiger charge is -2.41. The molecule has 1 fully saturated rings. The number of nitrogens with one attached hydrogen (secondary N) is 1. The van der Waals surface area contributed by atoms with Gasteiger partial charge in [0.1, 0.15) is 4.90 Å². The Hall–Kier alpha value is -0.820. The van der Waals surface area contributed by atoms with Crippen LogP contribution in [0.25, 0.3) is 0 Å². The van der Waals surface area contributed by atoms with Gasteiger partial charge in [-0.15, -0.1) is 0 Å². The molecule has 0 spiro atoms. The van der Waals surface area contributed by atoms with Crippen molar-refractivity contribution >= 4 is 39.2 Å². The lowest BCUT2D eigenvalue weighted by atomic mass is 9.76. The Morgan fingerprint density at radius 1 is 1.38 bits per heavy atom. The highest BCUT2D eigenvalue weighted by atomic mass is 35.5. The predicted molar refractivity (Wildman–Crippen MR) is 80.6 cm³/mol. The van der Waals surface area contributed by atoms with Crippen LogP contribution < -0.4 is 4.72 Å². The van der Waals surface area contributed by atoms with Crippen molar-refractivity contribution in [1.82, 2.24) is 4.72 Å². The SMILES string of the molecule is CCC1(NS(=O)(=O)c2ccc(Cl)c(C(=O)O)c2Cl)CCC1. The van der Waals surface area contributed by atoms with Gasteiger partial charge in [-0.1, -0.05) is 30.1 Å². The number of carboxylic acids is 1. The van der Waals surface area contributed by atoms with Crippen LogP contribution >= 0.6 is 23.2 Å². The topological polar surface area (TPSA) is 83.5 Å². The highest BCUT2D eigenvalue weighted by Crippen LogP contribution is 2.38. The lowest BCUT2D eigenvalue weighted by Crippen LogP contribution is -2.52. The Kier molecular flexibility index (Phi) is 4.54. The van der Waals surface area contributed by atoms with E-state index >= 15 is 0 Å². The van der Waals surface area contributed by atoms with Crippen molar-refractivity contribution in [3.63, 3.8) is 0 Å². The molecule has 1 aliphatic rings. The monoisotopic (exact) mass is 351 g/mol. The fraction of sp³-hybridized carbons (Fsp3) is 0.462. The van der Waals surface area contributed by atoms with E-state index in [9.17, 15) is 13.2 Å². The van der Waals surface area contributed by atoms with Gasteiger partial charge in [-0.3, -0.25) is 0 Å². The van der Waals surface area contributed by atoms with Gasteiger partial charge < -0.3 is 5.11 Å². The molecule has 0 amide bonds. The van der Waals surface area contributed by atoms with Gasteiger partial charge in [0.2, 0.25) is 10.0 Å². The molecule has 2 rings (SSSR count). The summed E-state index contributed by atoms with van der Waals surface area (Å²) in [4.78, 5) is 10.9. The van der Waals surface area contributed by atoms with Gasteiger partial charge in [0, 0.05) is 5.54 Å². The Bertz CT molecular complexity index is 678. The van der Waals surface area contributed by atoms with Crippen molar-refractivity contribution in [2.24, 2.45) is 0 Å². The third-order valence-electron chi connectivity index (χ3n) is 3.90. The molecular formula is C13H15Cl2NO4S. The highest BCUT2D eigenvalue weighted by molar-refractivity contribution is 7.89. The van der Waals surface area contributed by atoms with Gasteiger partial charge in [0.15, 0.2) is 0 Å². The zero-order valence-electron chi connectivity index (χ0n) is 11.3. The molecule has 0 bridgehead atoms. The first-order valence-electron chi connectivity index (χ1n) is 6.48. The molecule has 1 aromatic carbocycles. The van der Waals surface area contributed by atoms with Crippen molar-refractivity contribution in [1.29, 1.82) is 0 Å². The van der Waals surface area contributed by atoms with Gasteiger partial charge in [-0.2, -0.15) is 0 Å². The van der Waals surface area contributed by atoms with Crippen molar-refractivity contribution in [2.75, 3.05) is 0 Å². The zero-order valence-corrected chi connectivity index (χ0v) is 13.6. The van der Waals surface area contributed by atoms with Gasteiger partial charge in [-0.25, -0.2) is 17.9 Å². The van der Waals surface area contributed by atoms with Gasteiger partial charge >= 0.3 is 5.97 Å². The van der Waals surface area contributed by atoms with Gasteiger partial charge in [0.25, 0.3) is 0 Å². The Morgan fingerprint density at radius 2 is 2.00 bits per heavy atom. The largest absolute Gasteiger partial charge is 0.478 e. The summed E-state index contributed by atoms with van der Waals surface area (Å²) in [7, 11) is -3.90. The number of rotatable bonds is 5. The summed E-state index contributed by atoms with van der Waals surface area (Å²) >= 11 is 11.7. The number of benzene rings is 1. The fourth-order valence-electron chi connectivity index (χ4n) is 2.41. The first-order chi connectivity index (χ1) is 9.72. The Labute approximate surface area is 133 Å².